The molecule has 0 radical (unpaired) electrons. The standard InChI is InChI=1S/C8H15N3O2/c9-7(12)5-10-6-8(13)11-3-1-2-4-11/h10H,1-6H2,(H2,9,12). The Bertz CT molecular complexity index is 200. The van der Waals surface area contributed by atoms with E-state index in [-0.39, 0.29) is 19.0 Å². The molecule has 3 N–H and O–H groups in total. The molecule has 0 atom stereocenters. The molecule has 1 saturated heterocycles. The van der Waals surface area contributed by atoms with Gasteiger partial charge in [-0.05, 0) is 12.8 Å². The number of hydrogen-bond acceptors (Lipinski definition) is 3. The fourth-order valence-electron chi connectivity index (χ4n) is 1.37. The molecular formula is C8H15N3O2. The third kappa shape index (κ3) is 3.42. The lowest BCUT2D eigenvalue weighted by Gasteiger charge is -2.14. The molecular weight excluding hydrogens is 170 g/mol. The maximum atomic E-state index is 11.3. The summed E-state index contributed by atoms with van der Waals surface area (Å²) >= 11 is 0. The molecule has 0 aromatic carbocycles. The van der Waals surface area contributed by atoms with Gasteiger partial charge < -0.3 is 10.6 Å². The van der Waals surface area contributed by atoms with E-state index < -0.39 is 5.91 Å². The van der Waals surface area contributed by atoms with Gasteiger partial charge in [-0.1, -0.05) is 0 Å². The Morgan fingerprint density at radius 3 is 2.38 bits per heavy atom. The van der Waals surface area contributed by atoms with Crippen molar-refractivity contribution in [3.05, 3.63) is 0 Å². The van der Waals surface area contributed by atoms with Crippen LogP contribution in [0.2, 0.25) is 0 Å². The molecule has 1 heterocycles. The van der Waals surface area contributed by atoms with Crippen molar-refractivity contribution in [2.24, 2.45) is 5.73 Å². The summed E-state index contributed by atoms with van der Waals surface area (Å²) in [6.07, 6.45) is 2.17. The molecule has 74 valence electrons. The topological polar surface area (TPSA) is 75.4 Å². The third-order valence-corrected chi connectivity index (χ3v) is 2.03. The first kappa shape index (κ1) is 9.98. The van der Waals surface area contributed by atoms with Crippen LogP contribution in [-0.2, 0) is 9.59 Å². The van der Waals surface area contributed by atoms with Crippen molar-refractivity contribution < 1.29 is 9.59 Å². The number of carbonyl (C=O) groups excluding carboxylic acids is 2. The van der Waals surface area contributed by atoms with Gasteiger partial charge in [-0.15, -0.1) is 0 Å². The summed E-state index contributed by atoms with van der Waals surface area (Å²) in [5, 5.41) is 2.70. The minimum atomic E-state index is -0.436. The summed E-state index contributed by atoms with van der Waals surface area (Å²) in [4.78, 5) is 23.5. The highest BCUT2D eigenvalue weighted by molar-refractivity contribution is 5.80. The number of nitrogens with one attached hydrogen (secondary N) is 1. The van der Waals surface area contributed by atoms with Crippen molar-refractivity contribution in [1.29, 1.82) is 0 Å². The third-order valence-electron chi connectivity index (χ3n) is 2.03. The molecule has 5 nitrogen and oxygen atoms in total. The zero-order valence-corrected chi connectivity index (χ0v) is 7.58. The lowest BCUT2D eigenvalue weighted by atomic mass is 10.4. The fourth-order valence-corrected chi connectivity index (χ4v) is 1.37. The zero-order chi connectivity index (χ0) is 9.68. The van der Waals surface area contributed by atoms with Crippen LogP contribution >= 0.6 is 0 Å². The first-order chi connectivity index (χ1) is 6.20. The largest absolute Gasteiger partial charge is 0.369 e. The maximum Gasteiger partial charge on any atom is 0.236 e. The highest BCUT2D eigenvalue weighted by Crippen LogP contribution is 2.06. The molecule has 0 spiro atoms. The van der Waals surface area contributed by atoms with E-state index >= 15 is 0 Å². The van der Waals surface area contributed by atoms with Crippen molar-refractivity contribution in [2.45, 2.75) is 12.8 Å². The van der Waals surface area contributed by atoms with Gasteiger partial charge in [0.2, 0.25) is 11.8 Å². The number of nitrogens with two attached hydrogens (primary N) is 1. The monoisotopic (exact) mass is 185 g/mol. The number of primary amides is 1. The van der Waals surface area contributed by atoms with Gasteiger partial charge in [-0.2, -0.15) is 0 Å². The van der Waals surface area contributed by atoms with E-state index in [4.69, 9.17) is 5.73 Å². The van der Waals surface area contributed by atoms with Crippen LogP contribution < -0.4 is 11.1 Å². The minimum absolute atomic E-state index is 0.0544. The number of likely N-dealkylation sites (tertiary alicyclic amines) is 1. The van der Waals surface area contributed by atoms with E-state index in [0.29, 0.717) is 0 Å². The van der Waals surface area contributed by atoms with Crippen molar-refractivity contribution >= 4 is 11.8 Å². The number of amides is 2. The first-order valence-corrected chi connectivity index (χ1v) is 4.47. The summed E-state index contributed by atoms with van der Waals surface area (Å²) in [5.41, 5.74) is 4.91. The predicted octanol–water partition coefficient (Wildman–Crippen LogP) is -1.32. The van der Waals surface area contributed by atoms with Gasteiger partial charge in [0.25, 0.3) is 0 Å². The van der Waals surface area contributed by atoms with Gasteiger partial charge in [0.05, 0.1) is 13.1 Å². The lowest BCUT2D eigenvalue weighted by Crippen LogP contribution is -2.39. The average Bonchev–Trinajstić information content (AvgIpc) is 2.55. The average molecular weight is 185 g/mol. The number of rotatable bonds is 4. The Hall–Kier alpha value is -1.10. The Balaban J connectivity index is 2.13. The van der Waals surface area contributed by atoms with Crippen LogP contribution in [0.5, 0.6) is 0 Å². The van der Waals surface area contributed by atoms with Crippen LogP contribution in [0.1, 0.15) is 12.8 Å². The van der Waals surface area contributed by atoms with Crippen molar-refractivity contribution in [3.63, 3.8) is 0 Å². The summed E-state index contributed by atoms with van der Waals surface area (Å²) < 4.78 is 0. The second-order valence-corrected chi connectivity index (χ2v) is 3.16. The van der Waals surface area contributed by atoms with Crippen LogP contribution in [-0.4, -0.2) is 42.9 Å². The second-order valence-electron chi connectivity index (χ2n) is 3.16. The predicted molar refractivity (Wildman–Crippen MR) is 47.9 cm³/mol. The fraction of sp³-hybridized carbons (Fsp3) is 0.750. The van der Waals surface area contributed by atoms with E-state index in [9.17, 15) is 9.59 Å². The van der Waals surface area contributed by atoms with E-state index in [0.717, 1.165) is 25.9 Å². The summed E-state index contributed by atoms with van der Waals surface area (Å²) in [6.45, 7) is 1.97. The smallest absolute Gasteiger partial charge is 0.236 e. The Labute approximate surface area is 77.3 Å². The molecule has 1 aliphatic rings. The molecule has 1 aliphatic heterocycles. The molecule has 0 saturated carbocycles. The molecule has 0 aromatic heterocycles. The lowest BCUT2D eigenvalue weighted by molar-refractivity contribution is -0.129. The van der Waals surface area contributed by atoms with Crippen LogP contribution in [0.3, 0.4) is 0 Å². The normalized spacial score (nSPS) is 16.2. The van der Waals surface area contributed by atoms with E-state index in [1.165, 1.54) is 0 Å². The Morgan fingerprint density at radius 2 is 1.85 bits per heavy atom. The van der Waals surface area contributed by atoms with Gasteiger partial charge >= 0.3 is 0 Å². The van der Waals surface area contributed by atoms with Crippen LogP contribution in [0.25, 0.3) is 0 Å². The van der Waals surface area contributed by atoms with Crippen molar-refractivity contribution in [3.8, 4) is 0 Å². The quantitative estimate of drug-likeness (QED) is 0.570. The number of carbonyl (C=O) groups is 2. The second kappa shape index (κ2) is 4.81. The van der Waals surface area contributed by atoms with Crippen LogP contribution in [0.15, 0.2) is 0 Å². The zero-order valence-electron chi connectivity index (χ0n) is 7.58. The van der Waals surface area contributed by atoms with Crippen LogP contribution in [0, 0.1) is 0 Å². The molecule has 0 unspecified atom stereocenters. The van der Waals surface area contributed by atoms with Gasteiger partial charge in [0, 0.05) is 13.1 Å². The number of nitrogens with zero attached hydrogens (tertiary/aromatic N) is 1. The summed E-state index contributed by atoms with van der Waals surface area (Å²) in [6, 6.07) is 0. The van der Waals surface area contributed by atoms with E-state index in [1.54, 1.807) is 4.90 Å². The first-order valence-electron chi connectivity index (χ1n) is 4.47. The van der Waals surface area contributed by atoms with Gasteiger partial charge in [0.1, 0.15) is 0 Å². The highest BCUT2D eigenvalue weighted by Gasteiger charge is 2.16. The summed E-state index contributed by atoms with van der Waals surface area (Å²) in [5.74, 6) is -0.382. The SMILES string of the molecule is NC(=O)CNCC(=O)N1CCCC1. The molecule has 1 rings (SSSR count). The Kier molecular flexibility index (Phi) is 3.70. The van der Waals surface area contributed by atoms with E-state index in [1.807, 2.05) is 0 Å². The minimum Gasteiger partial charge on any atom is -0.369 e. The highest BCUT2D eigenvalue weighted by atomic mass is 16.2. The molecule has 13 heavy (non-hydrogen) atoms. The van der Waals surface area contributed by atoms with E-state index in [2.05, 4.69) is 5.32 Å². The molecule has 2 amide bonds. The molecule has 0 bridgehead atoms. The molecule has 0 aromatic rings. The Morgan fingerprint density at radius 1 is 1.23 bits per heavy atom. The molecule has 1 fully saturated rings. The molecule has 5 heteroatoms. The van der Waals surface area contributed by atoms with Crippen molar-refractivity contribution in [2.75, 3.05) is 26.2 Å². The molecule has 0 aliphatic carbocycles. The van der Waals surface area contributed by atoms with Gasteiger partial charge in [-0.3, -0.25) is 14.9 Å². The number of hydrogen-bond donors (Lipinski definition) is 2. The maximum absolute atomic E-state index is 11.3. The van der Waals surface area contributed by atoms with Gasteiger partial charge in [0.15, 0.2) is 0 Å². The van der Waals surface area contributed by atoms with Crippen LogP contribution in [0.4, 0.5) is 0 Å². The van der Waals surface area contributed by atoms with Crippen molar-refractivity contribution in [1.82, 2.24) is 10.2 Å². The summed E-state index contributed by atoms with van der Waals surface area (Å²) in [7, 11) is 0. The van der Waals surface area contributed by atoms with Gasteiger partial charge in [-0.25, -0.2) is 0 Å².